The van der Waals surface area contributed by atoms with E-state index in [-0.39, 0.29) is 11.9 Å². The fourth-order valence-electron chi connectivity index (χ4n) is 2.75. The van der Waals surface area contributed by atoms with Crippen LogP contribution in [0, 0.1) is 12.8 Å². The predicted octanol–water partition coefficient (Wildman–Crippen LogP) is 2.11. The lowest BCUT2D eigenvalue weighted by Gasteiger charge is -2.29. The first-order chi connectivity index (χ1) is 9.52. The first-order valence-corrected chi connectivity index (χ1v) is 8.21. The van der Waals surface area contributed by atoms with Crippen LogP contribution in [-0.2, 0) is 0 Å². The van der Waals surface area contributed by atoms with Gasteiger partial charge in [0.2, 0.25) is 0 Å². The summed E-state index contributed by atoms with van der Waals surface area (Å²) in [5.74, 6) is 0.371. The van der Waals surface area contributed by atoms with Crippen LogP contribution in [0.1, 0.15) is 48.7 Å². The smallest absolute Gasteiger partial charge is 0.346 e. The Bertz CT molecular complexity index is 556. The van der Waals surface area contributed by atoms with Crippen molar-refractivity contribution in [2.45, 2.75) is 50.6 Å². The molecule has 0 aromatic carbocycles. The maximum atomic E-state index is 12.5. The highest BCUT2D eigenvalue weighted by Crippen LogP contribution is 2.25. The molecule has 2 rings (SSSR count). The predicted molar refractivity (Wildman–Crippen MR) is 80.3 cm³/mol. The Morgan fingerprint density at radius 3 is 2.75 bits per heavy atom. The summed E-state index contributed by atoms with van der Waals surface area (Å²) in [6.45, 7) is 3.92. The van der Waals surface area contributed by atoms with Crippen molar-refractivity contribution >= 4 is 17.7 Å². The number of nitrogens with one attached hydrogen (secondary N) is 2. The number of hydrogen-bond acceptors (Lipinski definition) is 4. The number of hydrogen-bond donors (Lipinski definition) is 2. The number of rotatable bonds is 3. The molecule has 1 fully saturated rings. The van der Waals surface area contributed by atoms with Gasteiger partial charge in [0.1, 0.15) is 5.03 Å². The Balaban J connectivity index is 2.22. The second-order valence-electron chi connectivity index (χ2n) is 5.39. The van der Waals surface area contributed by atoms with E-state index in [0.29, 0.717) is 22.2 Å². The zero-order valence-electron chi connectivity index (χ0n) is 12.2. The summed E-state index contributed by atoms with van der Waals surface area (Å²) >= 11 is 1.32. The molecule has 1 aliphatic carbocycles. The Hall–Kier alpha value is -1.30. The molecule has 0 bridgehead atoms. The molecule has 2 N–H and O–H groups in total. The molecule has 0 saturated heterocycles. The summed E-state index contributed by atoms with van der Waals surface area (Å²) in [7, 11) is 0. The maximum absolute atomic E-state index is 12.5. The highest BCUT2D eigenvalue weighted by Gasteiger charge is 2.25. The fraction of sp³-hybridized carbons (Fsp3) is 0.643. The Labute approximate surface area is 123 Å². The molecule has 1 saturated carbocycles. The van der Waals surface area contributed by atoms with Crippen molar-refractivity contribution < 1.29 is 4.79 Å². The summed E-state index contributed by atoms with van der Waals surface area (Å²) in [6, 6.07) is 0.220. The summed E-state index contributed by atoms with van der Waals surface area (Å²) in [5, 5.41) is 3.60. The SMILES string of the molecule is CSc1nc(=O)[nH]c(C)c1C(=O)N[C@@H]1CCCC[C@H]1C. The molecule has 0 aliphatic heterocycles. The van der Waals surface area contributed by atoms with Crippen LogP contribution in [0.2, 0.25) is 0 Å². The summed E-state index contributed by atoms with van der Waals surface area (Å²) in [5.41, 5.74) is 0.666. The molecule has 5 nitrogen and oxygen atoms in total. The Morgan fingerprint density at radius 2 is 2.10 bits per heavy atom. The number of aryl methyl sites for hydroxylation is 1. The third-order valence-corrected chi connectivity index (χ3v) is 4.62. The van der Waals surface area contributed by atoms with Gasteiger partial charge in [-0.25, -0.2) is 4.79 Å². The molecular weight excluding hydrogens is 274 g/mol. The van der Waals surface area contributed by atoms with Gasteiger partial charge in [-0.1, -0.05) is 19.8 Å². The van der Waals surface area contributed by atoms with Crippen LogP contribution in [0.25, 0.3) is 0 Å². The maximum Gasteiger partial charge on any atom is 0.346 e. The number of amides is 1. The van der Waals surface area contributed by atoms with Gasteiger partial charge in [-0.3, -0.25) is 4.79 Å². The molecule has 6 heteroatoms. The van der Waals surface area contributed by atoms with Crippen LogP contribution in [0.3, 0.4) is 0 Å². The van der Waals surface area contributed by atoms with Crippen molar-refractivity contribution in [2.75, 3.05) is 6.26 Å². The minimum absolute atomic E-state index is 0.130. The van der Waals surface area contributed by atoms with Crippen LogP contribution in [-0.4, -0.2) is 28.2 Å². The lowest BCUT2D eigenvalue weighted by atomic mass is 9.86. The van der Waals surface area contributed by atoms with Crippen LogP contribution in [0.5, 0.6) is 0 Å². The number of aromatic nitrogens is 2. The van der Waals surface area contributed by atoms with Gasteiger partial charge in [-0.05, 0) is 31.9 Å². The average Bonchev–Trinajstić information content (AvgIpc) is 2.40. The zero-order chi connectivity index (χ0) is 14.7. The summed E-state index contributed by atoms with van der Waals surface area (Å²) in [4.78, 5) is 30.3. The van der Waals surface area contributed by atoms with Gasteiger partial charge in [0.05, 0.1) is 5.56 Å². The highest BCUT2D eigenvalue weighted by molar-refractivity contribution is 7.98. The van der Waals surface area contributed by atoms with Crippen molar-refractivity contribution in [3.8, 4) is 0 Å². The van der Waals surface area contributed by atoms with Crippen molar-refractivity contribution in [3.05, 3.63) is 21.7 Å². The van der Waals surface area contributed by atoms with Crippen LogP contribution >= 0.6 is 11.8 Å². The standard InChI is InChI=1S/C14H21N3O2S/c1-8-6-4-5-7-10(8)16-12(18)11-9(2)15-14(19)17-13(11)20-3/h8,10H,4-7H2,1-3H3,(H,16,18)(H,15,17,19)/t8-,10-/m1/s1. The molecule has 1 heterocycles. The number of aromatic amines is 1. The van der Waals surface area contributed by atoms with Gasteiger partial charge >= 0.3 is 5.69 Å². The average molecular weight is 295 g/mol. The van der Waals surface area contributed by atoms with E-state index in [2.05, 4.69) is 22.2 Å². The number of carbonyl (C=O) groups is 1. The monoisotopic (exact) mass is 295 g/mol. The highest BCUT2D eigenvalue weighted by atomic mass is 32.2. The van der Waals surface area contributed by atoms with E-state index in [9.17, 15) is 9.59 Å². The normalized spacial score (nSPS) is 22.6. The lowest BCUT2D eigenvalue weighted by molar-refractivity contribution is 0.0905. The van der Waals surface area contributed by atoms with Crippen molar-refractivity contribution in [1.29, 1.82) is 0 Å². The zero-order valence-corrected chi connectivity index (χ0v) is 13.0. The Kier molecular flexibility index (Phi) is 4.86. The third-order valence-electron chi connectivity index (χ3n) is 3.93. The topological polar surface area (TPSA) is 74.8 Å². The quantitative estimate of drug-likeness (QED) is 0.661. The van der Waals surface area contributed by atoms with E-state index in [4.69, 9.17) is 0 Å². The third kappa shape index (κ3) is 3.23. The molecule has 110 valence electrons. The van der Waals surface area contributed by atoms with Gasteiger partial charge in [0, 0.05) is 11.7 Å². The van der Waals surface area contributed by atoms with Crippen molar-refractivity contribution in [1.82, 2.24) is 15.3 Å². The van der Waals surface area contributed by atoms with E-state index in [1.165, 1.54) is 18.2 Å². The van der Waals surface area contributed by atoms with Crippen molar-refractivity contribution in [3.63, 3.8) is 0 Å². The van der Waals surface area contributed by atoms with Gasteiger partial charge in [0.25, 0.3) is 5.91 Å². The molecule has 1 amide bonds. The number of H-pyrrole nitrogens is 1. The van der Waals surface area contributed by atoms with E-state index in [1.807, 2.05) is 6.26 Å². The van der Waals surface area contributed by atoms with Crippen LogP contribution in [0.4, 0.5) is 0 Å². The number of carbonyl (C=O) groups excluding carboxylic acids is 1. The number of thioether (sulfide) groups is 1. The molecule has 2 atom stereocenters. The van der Waals surface area contributed by atoms with Gasteiger partial charge < -0.3 is 10.3 Å². The minimum Gasteiger partial charge on any atom is -0.349 e. The Morgan fingerprint density at radius 1 is 1.40 bits per heavy atom. The number of nitrogens with zero attached hydrogens (tertiary/aromatic N) is 1. The second-order valence-corrected chi connectivity index (χ2v) is 6.19. The summed E-state index contributed by atoms with van der Waals surface area (Å²) < 4.78 is 0. The molecule has 0 unspecified atom stereocenters. The molecule has 0 radical (unpaired) electrons. The van der Waals surface area contributed by atoms with Crippen LogP contribution in [0.15, 0.2) is 9.82 Å². The fourth-order valence-corrected chi connectivity index (χ4v) is 3.37. The largest absolute Gasteiger partial charge is 0.349 e. The van der Waals surface area contributed by atoms with E-state index in [0.717, 1.165) is 19.3 Å². The van der Waals surface area contributed by atoms with Gasteiger partial charge in [-0.2, -0.15) is 4.98 Å². The van der Waals surface area contributed by atoms with Gasteiger partial charge in [0.15, 0.2) is 0 Å². The molecule has 0 spiro atoms. The summed E-state index contributed by atoms with van der Waals surface area (Å²) in [6.07, 6.45) is 6.40. The second kappa shape index (κ2) is 6.43. The van der Waals surface area contributed by atoms with E-state index < -0.39 is 5.69 Å². The first kappa shape index (κ1) is 15.1. The van der Waals surface area contributed by atoms with Crippen molar-refractivity contribution in [2.24, 2.45) is 5.92 Å². The van der Waals surface area contributed by atoms with Gasteiger partial charge in [-0.15, -0.1) is 11.8 Å². The molecule has 1 aromatic rings. The van der Waals surface area contributed by atoms with Crippen LogP contribution < -0.4 is 11.0 Å². The molecule has 20 heavy (non-hydrogen) atoms. The lowest BCUT2D eigenvalue weighted by Crippen LogP contribution is -2.41. The van der Waals surface area contributed by atoms with E-state index >= 15 is 0 Å². The molecule has 1 aromatic heterocycles. The molecule has 1 aliphatic rings. The van der Waals surface area contributed by atoms with E-state index in [1.54, 1.807) is 6.92 Å². The minimum atomic E-state index is -0.408. The first-order valence-electron chi connectivity index (χ1n) is 6.98. The molecular formula is C14H21N3O2S.